The van der Waals surface area contributed by atoms with E-state index in [-0.39, 0.29) is 0 Å². The van der Waals surface area contributed by atoms with Crippen LogP contribution in [0.4, 0.5) is 5.82 Å². The Hall–Kier alpha value is -2.12. The van der Waals surface area contributed by atoms with Gasteiger partial charge in [-0.15, -0.1) is 0 Å². The summed E-state index contributed by atoms with van der Waals surface area (Å²) in [7, 11) is 0. The summed E-state index contributed by atoms with van der Waals surface area (Å²) in [4.78, 5) is 13.2. The number of fused-ring (bicyclic) bond motifs is 1. The van der Waals surface area contributed by atoms with Gasteiger partial charge in [-0.25, -0.2) is 20.8 Å². The first kappa shape index (κ1) is 13.8. The number of benzene rings is 1. The molecule has 0 aliphatic heterocycles. The largest absolute Gasteiger partial charge is 0.308 e. The van der Waals surface area contributed by atoms with E-state index in [1.807, 2.05) is 10.8 Å². The van der Waals surface area contributed by atoms with Crippen LogP contribution in [0.15, 0.2) is 29.7 Å². The normalized spacial score (nSPS) is 11.0. The van der Waals surface area contributed by atoms with Crippen LogP contribution in [0.2, 0.25) is 0 Å². The minimum atomic E-state index is 0.579. The first-order chi connectivity index (χ1) is 10.1. The highest BCUT2D eigenvalue weighted by atomic mass is 32.2. The summed E-state index contributed by atoms with van der Waals surface area (Å²) in [5, 5.41) is 0.658. The fourth-order valence-corrected chi connectivity index (χ4v) is 2.52. The minimum Gasteiger partial charge on any atom is -0.308 e. The molecule has 0 radical (unpaired) electrons. The van der Waals surface area contributed by atoms with Gasteiger partial charge in [0.2, 0.25) is 0 Å². The zero-order valence-corrected chi connectivity index (χ0v) is 12.9. The molecule has 21 heavy (non-hydrogen) atoms. The van der Waals surface area contributed by atoms with Crippen molar-refractivity contribution in [1.82, 2.24) is 19.5 Å². The standard InChI is InChI=1S/C14H16N6S/c1-8-4-10-11(5-9(8)2)20(7-16-10)13-6-12(19-15)17-14(18-13)21-3/h4-7H,15H2,1-3H3,(H,17,18,19). The van der Waals surface area contributed by atoms with Crippen molar-refractivity contribution in [3.63, 3.8) is 0 Å². The number of nitrogens with one attached hydrogen (secondary N) is 1. The lowest BCUT2D eigenvalue weighted by Gasteiger charge is -2.08. The first-order valence-electron chi connectivity index (χ1n) is 6.46. The molecule has 0 atom stereocenters. The lowest BCUT2D eigenvalue weighted by molar-refractivity contribution is 0.901. The second kappa shape index (κ2) is 5.34. The maximum Gasteiger partial charge on any atom is 0.191 e. The van der Waals surface area contributed by atoms with Gasteiger partial charge in [-0.05, 0) is 43.4 Å². The number of hydrogen-bond donors (Lipinski definition) is 2. The summed E-state index contributed by atoms with van der Waals surface area (Å²) in [6.45, 7) is 4.17. The van der Waals surface area contributed by atoms with E-state index in [0.29, 0.717) is 11.0 Å². The molecule has 0 aliphatic rings. The van der Waals surface area contributed by atoms with E-state index in [9.17, 15) is 0 Å². The number of nitrogens with zero attached hydrogens (tertiary/aromatic N) is 4. The van der Waals surface area contributed by atoms with Gasteiger partial charge in [-0.1, -0.05) is 11.8 Å². The van der Waals surface area contributed by atoms with E-state index in [1.54, 1.807) is 12.4 Å². The SMILES string of the molecule is CSc1nc(NN)cc(-n2cnc3cc(C)c(C)cc32)n1. The van der Waals surface area contributed by atoms with Gasteiger partial charge in [0.05, 0.1) is 11.0 Å². The molecule has 0 fully saturated rings. The molecule has 2 aromatic heterocycles. The highest BCUT2D eigenvalue weighted by Gasteiger charge is 2.10. The number of hydrazine groups is 1. The van der Waals surface area contributed by atoms with Gasteiger partial charge in [-0.2, -0.15) is 0 Å². The molecule has 3 aromatic rings. The highest BCUT2D eigenvalue weighted by molar-refractivity contribution is 7.98. The fraction of sp³-hybridized carbons (Fsp3) is 0.214. The molecule has 3 rings (SSSR count). The zero-order valence-electron chi connectivity index (χ0n) is 12.1. The molecule has 0 amide bonds. The summed E-state index contributed by atoms with van der Waals surface area (Å²) < 4.78 is 1.95. The Balaban J connectivity index is 2.22. The Morgan fingerprint density at radius 3 is 2.62 bits per heavy atom. The molecule has 6 nitrogen and oxygen atoms in total. The molecular formula is C14H16N6S. The number of imidazole rings is 1. The Labute approximate surface area is 126 Å². The van der Waals surface area contributed by atoms with Crippen LogP contribution in [0.3, 0.4) is 0 Å². The number of rotatable bonds is 3. The summed E-state index contributed by atoms with van der Waals surface area (Å²) in [6.07, 6.45) is 3.70. The highest BCUT2D eigenvalue weighted by Crippen LogP contribution is 2.23. The topological polar surface area (TPSA) is 81.6 Å². The van der Waals surface area contributed by atoms with Crippen LogP contribution in [0.5, 0.6) is 0 Å². The van der Waals surface area contributed by atoms with Crippen molar-refractivity contribution in [2.24, 2.45) is 5.84 Å². The fourth-order valence-electron chi connectivity index (χ4n) is 2.15. The molecular weight excluding hydrogens is 284 g/mol. The van der Waals surface area contributed by atoms with Crippen molar-refractivity contribution in [3.8, 4) is 5.82 Å². The lowest BCUT2D eigenvalue weighted by atomic mass is 10.1. The molecule has 0 spiro atoms. The summed E-state index contributed by atoms with van der Waals surface area (Å²) in [5.74, 6) is 6.80. The lowest BCUT2D eigenvalue weighted by Crippen LogP contribution is -2.11. The molecule has 0 saturated carbocycles. The van der Waals surface area contributed by atoms with Crippen LogP contribution >= 0.6 is 11.8 Å². The third kappa shape index (κ3) is 2.45. The van der Waals surface area contributed by atoms with E-state index in [1.165, 1.54) is 22.9 Å². The van der Waals surface area contributed by atoms with Crippen LogP contribution in [-0.2, 0) is 0 Å². The Kier molecular flexibility index (Phi) is 3.52. The average molecular weight is 300 g/mol. The summed E-state index contributed by atoms with van der Waals surface area (Å²) in [5.41, 5.74) is 6.99. The second-order valence-electron chi connectivity index (χ2n) is 4.78. The van der Waals surface area contributed by atoms with Gasteiger partial charge >= 0.3 is 0 Å². The monoisotopic (exact) mass is 300 g/mol. The first-order valence-corrected chi connectivity index (χ1v) is 7.69. The van der Waals surface area contributed by atoms with Crippen molar-refractivity contribution in [2.75, 3.05) is 11.7 Å². The molecule has 7 heteroatoms. The van der Waals surface area contributed by atoms with Gasteiger partial charge in [0.1, 0.15) is 18.0 Å². The maximum atomic E-state index is 5.48. The predicted molar refractivity (Wildman–Crippen MR) is 85.7 cm³/mol. The van der Waals surface area contributed by atoms with E-state index >= 15 is 0 Å². The van der Waals surface area contributed by atoms with Crippen LogP contribution in [-0.4, -0.2) is 25.8 Å². The van der Waals surface area contributed by atoms with Crippen molar-refractivity contribution in [3.05, 3.63) is 35.7 Å². The van der Waals surface area contributed by atoms with Crippen molar-refractivity contribution in [1.29, 1.82) is 0 Å². The molecule has 0 saturated heterocycles. The summed E-state index contributed by atoms with van der Waals surface area (Å²) >= 11 is 1.47. The third-order valence-corrected chi connectivity index (χ3v) is 3.98. The van der Waals surface area contributed by atoms with Gasteiger partial charge in [0.15, 0.2) is 5.16 Å². The van der Waals surface area contributed by atoms with Crippen LogP contribution < -0.4 is 11.3 Å². The third-order valence-electron chi connectivity index (χ3n) is 3.43. The molecule has 0 aliphatic carbocycles. The average Bonchev–Trinajstić information content (AvgIpc) is 2.90. The predicted octanol–water partition coefficient (Wildman–Crippen LogP) is 2.44. The van der Waals surface area contributed by atoms with Crippen LogP contribution in [0.25, 0.3) is 16.9 Å². The van der Waals surface area contributed by atoms with Crippen molar-refractivity contribution < 1.29 is 0 Å². The van der Waals surface area contributed by atoms with Gasteiger partial charge in [0.25, 0.3) is 0 Å². The molecule has 3 N–H and O–H groups in total. The zero-order chi connectivity index (χ0) is 15.0. The molecule has 0 unspecified atom stereocenters. The maximum absolute atomic E-state index is 5.48. The number of anilines is 1. The van der Waals surface area contributed by atoms with Gasteiger partial charge in [0, 0.05) is 6.07 Å². The molecule has 108 valence electrons. The number of aryl methyl sites for hydroxylation is 2. The summed E-state index contributed by atoms with van der Waals surface area (Å²) in [6, 6.07) is 6.00. The van der Waals surface area contributed by atoms with Crippen LogP contribution in [0.1, 0.15) is 11.1 Å². The van der Waals surface area contributed by atoms with E-state index in [2.05, 4.69) is 46.4 Å². The molecule has 0 bridgehead atoms. The van der Waals surface area contributed by atoms with Gasteiger partial charge in [-0.3, -0.25) is 4.57 Å². The number of hydrogen-bond acceptors (Lipinski definition) is 6. The number of nitrogen functional groups attached to an aromatic ring is 1. The Bertz CT molecular complexity index is 788. The van der Waals surface area contributed by atoms with Gasteiger partial charge < -0.3 is 5.43 Å². The van der Waals surface area contributed by atoms with Crippen LogP contribution in [0, 0.1) is 13.8 Å². The quantitative estimate of drug-likeness (QED) is 0.335. The van der Waals surface area contributed by atoms with Crippen molar-refractivity contribution in [2.45, 2.75) is 19.0 Å². The number of aromatic nitrogens is 4. The van der Waals surface area contributed by atoms with E-state index < -0.39 is 0 Å². The van der Waals surface area contributed by atoms with E-state index in [0.717, 1.165) is 16.9 Å². The number of nitrogens with two attached hydrogens (primary N) is 1. The Morgan fingerprint density at radius 1 is 1.14 bits per heavy atom. The van der Waals surface area contributed by atoms with E-state index in [4.69, 9.17) is 5.84 Å². The van der Waals surface area contributed by atoms with Crippen molar-refractivity contribution >= 4 is 28.6 Å². The minimum absolute atomic E-state index is 0.579. The molecule has 2 heterocycles. The number of thioether (sulfide) groups is 1. The Morgan fingerprint density at radius 2 is 1.90 bits per heavy atom. The smallest absolute Gasteiger partial charge is 0.191 e. The second-order valence-corrected chi connectivity index (χ2v) is 5.56. The molecule has 1 aromatic carbocycles.